The zero-order valence-electron chi connectivity index (χ0n) is 10.4. The predicted molar refractivity (Wildman–Crippen MR) is 70.4 cm³/mol. The average molecular weight is 247 g/mol. The van der Waals surface area contributed by atoms with E-state index in [4.69, 9.17) is 5.11 Å². The fourth-order valence-corrected chi connectivity index (χ4v) is 1.91. The van der Waals surface area contributed by atoms with Gasteiger partial charge in [0.2, 0.25) is 0 Å². The van der Waals surface area contributed by atoms with Crippen molar-refractivity contribution in [2.24, 2.45) is 0 Å². The fraction of sp³-hybridized carbons (Fsp3) is 0.385. The molecule has 1 aromatic heterocycles. The third-order valence-corrected chi connectivity index (χ3v) is 2.90. The molecule has 0 saturated heterocycles. The Morgan fingerprint density at radius 2 is 2.17 bits per heavy atom. The van der Waals surface area contributed by atoms with Crippen LogP contribution in [0.3, 0.4) is 0 Å². The number of hydrogen-bond acceptors (Lipinski definition) is 4. The van der Waals surface area contributed by atoms with Crippen LogP contribution in [0.25, 0.3) is 10.9 Å². The number of aliphatic hydroxyl groups is 1. The topological polar surface area (TPSA) is 69.2 Å². The van der Waals surface area contributed by atoms with Crippen molar-refractivity contribution in [2.45, 2.75) is 13.5 Å². The molecule has 0 spiro atoms. The van der Waals surface area contributed by atoms with Crippen LogP contribution in [0.2, 0.25) is 0 Å². The largest absolute Gasteiger partial charge is 0.395 e. The van der Waals surface area contributed by atoms with Crippen molar-refractivity contribution in [3.63, 3.8) is 0 Å². The number of likely N-dealkylation sites (N-methyl/N-ethyl adjacent to an activating group) is 1. The molecule has 0 radical (unpaired) electrons. The van der Waals surface area contributed by atoms with E-state index in [1.807, 2.05) is 30.0 Å². The summed E-state index contributed by atoms with van der Waals surface area (Å²) in [4.78, 5) is 21.1. The van der Waals surface area contributed by atoms with Crippen LogP contribution in [0, 0.1) is 0 Å². The minimum Gasteiger partial charge on any atom is -0.395 e. The number of hydrogen-bond donors (Lipinski definition) is 2. The Kier molecular flexibility index (Phi) is 4.07. The quantitative estimate of drug-likeness (QED) is 0.817. The highest BCUT2D eigenvalue weighted by Gasteiger charge is 2.07. The average Bonchev–Trinajstić information content (AvgIpc) is 2.38. The van der Waals surface area contributed by atoms with E-state index in [0.717, 1.165) is 6.54 Å². The van der Waals surface area contributed by atoms with Crippen molar-refractivity contribution in [2.75, 3.05) is 19.7 Å². The van der Waals surface area contributed by atoms with Gasteiger partial charge in [-0.05, 0) is 18.7 Å². The standard InChI is InChI=1S/C13H17N3O2/c1-2-16(7-8-17)9-12-14-11-6-4-3-5-10(11)13(18)15-12/h3-6,17H,2,7-9H2,1H3,(H,14,15,18). The molecule has 5 heteroatoms. The highest BCUT2D eigenvalue weighted by Crippen LogP contribution is 2.06. The summed E-state index contributed by atoms with van der Waals surface area (Å²) < 4.78 is 0. The second-order valence-corrected chi connectivity index (χ2v) is 4.12. The molecule has 2 aromatic rings. The summed E-state index contributed by atoms with van der Waals surface area (Å²) in [5.41, 5.74) is 0.590. The summed E-state index contributed by atoms with van der Waals surface area (Å²) in [5, 5.41) is 9.54. The number of aliphatic hydroxyl groups excluding tert-OH is 1. The molecular formula is C13H17N3O2. The van der Waals surface area contributed by atoms with Crippen molar-refractivity contribution in [3.8, 4) is 0 Å². The Morgan fingerprint density at radius 1 is 1.39 bits per heavy atom. The smallest absolute Gasteiger partial charge is 0.258 e. The Morgan fingerprint density at radius 3 is 2.89 bits per heavy atom. The molecule has 0 saturated carbocycles. The van der Waals surface area contributed by atoms with Crippen molar-refractivity contribution in [3.05, 3.63) is 40.4 Å². The number of nitrogens with one attached hydrogen (secondary N) is 1. The van der Waals surface area contributed by atoms with Crippen LogP contribution in [0.15, 0.2) is 29.1 Å². The summed E-state index contributed by atoms with van der Waals surface area (Å²) in [6.45, 7) is 4.03. The van der Waals surface area contributed by atoms with Crippen molar-refractivity contribution in [1.29, 1.82) is 0 Å². The first-order chi connectivity index (χ1) is 8.74. The Bertz CT molecular complexity index is 580. The number of rotatable bonds is 5. The molecule has 0 amide bonds. The Hall–Kier alpha value is -1.72. The lowest BCUT2D eigenvalue weighted by Crippen LogP contribution is -2.28. The number of H-pyrrole nitrogens is 1. The normalized spacial score (nSPS) is 11.3. The summed E-state index contributed by atoms with van der Waals surface area (Å²) in [6.07, 6.45) is 0. The second kappa shape index (κ2) is 5.75. The van der Waals surface area contributed by atoms with Crippen LogP contribution in [-0.4, -0.2) is 39.7 Å². The van der Waals surface area contributed by atoms with E-state index in [1.165, 1.54) is 0 Å². The molecule has 0 fully saturated rings. The molecule has 0 aliphatic rings. The third-order valence-electron chi connectivity index (χ3n) is 2.90. The zero-order valence-corrected chi connectivity index (χ0v) is 10.4. The van der Waals surface area contributed by atoms with E-state index in [0.29, 0.717) is 29.8 Å². The zero-order chi connectivity index (χ0) is 13.0. The number of nitrogens with zero attached hydrogens (tertiary/aromatic N) is 2. The number of aromatic amines is 1. The molecule has 0 unspecified atom stereocenters. The third kappa shape index (κ3) is 2.75. The second-order valence-electron chi connectivity index (χ2n) is 4.12. The van der Waals surface area contributed by atoms with Gasteiger partial charge in [0.1, 0.15) is 5.82 Å². The number of benzene rings is 1. The lowest BCUT2D eigenvalue weighted by molar-refractivity contribution is 0.194. The van der Waals surface area contributed by atoms with E-state index in [-0.39, 0.29) is 12.2 Å². The van der Waals surface area contributed by atoms with Crippen LogP contribution >= 0.6 is 0 Å². The summed E-state index contributed by atoms with van der Waals surface area (Å²) in [7, 11) is 0. The highest BCUT2D eigenvalue weighted by molar-refractivity contribution is 5.77. The maximum atomic E-state index is 11.9. The summed E-state index contributed by atoms with van der Waals surface area (Å²) in [5.74, 6) is 0.633. The van der Waals surface area contributed by atoms with E-state index >= 15 is 0 Å². The van der Waals surface area contributed by atoms with E-state index in [9.17, 15) is 4.79 Å². The number of para-hydroxylation sites is 1. The van der Waals surface area contributed by atoms with Gasteiger partial charge >= 0.3 is 0 Å². The SMILES string of the molecule is CCN(CCO)Cc1nc2ccccc2c(=O)[nH]1. The van der Waals surface area contributed by atoms with Gasteiger partial charge in [-0.25, -0.2) is 4.98 Å². The van der Waals surface area contributed by atoms with Crippen molar-refractivity contribution < 1.29 is 5.11 Å². The van der Waals surface area contributed by atoms with Gasteiger partial charge in [-0.3, -0.25) is 9.69 Å². The van der Waals surface area contributed by atoms with Gasteiger partial charge in [-0.1, -0.05) is 19.1 Å². The monoisotopic (exact) mass is 247 g/mol. The number of aromatic nitrogens is 2. The van der Waals surface area contributed by atoms with Crippen LogP contribution in [0.4, 0.5) is 0 Å². The molecule has 1 aromatic carbocycles. The van der Waals surface area contributed by atoms with Gasteiger partial charge in [0.05, 0.1) is 24.1 Å². The van der Waals surface area contributed by atoms with E-state index in [2.05, 4.69) is 9.97 Å². The van der Waals surface area contributed by atoms with Crippen molar-refractivity contribution in [1.82, 2.24) is 14.9 Å². The molecule has 2 rings (SSSR count). The maximum absolute atomic E-state index is 11.9. The van der Waals surface area contributed by atoms with Gasteiger partial charge in [0, 0.05) is 6.54 Å². The van der Waals surface area contributed by atoms with Gasteiger partial charge in [0.25, 0.3) is 5.56 Å². The molecule has 18 heavy (non-hydrogen) atoms. The van der Waals surface area contributed by atoms with Crippen LogP contribution in [0.5, 0.6) is 0 Å². The molecule has 5 nitrogen and oxygen atoms in total. The van der Waals surface area contributed by atoms with Crippen LogP contribution in [0.1, 0.15) is 12.7 Å². The Labute approximate surface area is 105 Å². The number of fused-ring (bicyclic) bond motifs is 1. The summed E-state index contributed by atoms with van der Waals surface area (Å²) >= 11 is 0. The minimum absolute atomic E-state index is 0.103. The van der Waals surface area contributed by atoms with E-state index in [1.54, 1.807) is 6.07 Å². The molecule has 1 heterocycles. The molecule has 0 atom stereocenters. The summed E-state index contributed by atoms with van der Waals surface area (Å²) in [6, 6.07) is 7.28. The van der Waals surface area contributed by atoms with Gasteiger partial charge in [-0.2, -0.15) is 0 Å². The minimum atomic E-state index is -0.115. The molecule has 2 N–H and O–H groups in total. The predicted octanol–water partition coefficient (Wildman–Crippen LogP) is 0.737. The molecule has 0 bridgehead atoms. The molecule has 96 valence electrons. The lowest BCUT2D eigenvalue weighted by Gasteiger charge is -2.18. The highest BCUT2D eigenvalue weighted by atomic mass is 16.3. The van der Waals surface area contributed by atoms with Crippen LogP contribution < -0.4 is 5.56 Å². The molecule has 0 aliphatic heterocycles. The van der Waals surface area contributed by atoms with E-state index < -0.39 is 0 Å². The fourth-order valence-electron chi connectivity index (χ4n) is 1.91. The van der Waals surface area contributed by atoms with Gasteiger partial charge < -0.3 is 10.1 Å². The maximum Gasteiger partial charge on any atom is 0.258 e. The van der Waals surface area contributed by atoms with Crippen molar-refractivity contribution >= 4 is 10.9 Å². The molecule has 0 aliphatic carbocycles. The first-order valence-electron chi connectivity index (χ1n) is 6.05. The first kappa shape index (κ1) is 12.7. The lowest BCUT2D eigenvalue weighted by atomic mass is 10.2. The van der Waals surface area contributed by atoms with Gasteiger partial charge in [-0.15, -0.1) is 0 Å². The van der Waals surface area contributed by atoms with Gasteiger partial charge in [0.15, 0.2) is 0 Å². The Balaban J connectivity index is 2.32. The van der Waals surface area contributed by atoms with Crippen LogP contribution in [-0.2, 0) is 6.54 Å². The molecular weight excluding hydrogens is 230 g/mol. The first-order valence-corrected chi connectivity index (χ1v) is 6.05.